The molecule has 0 heterocycles. The first kappa shape index (κ1) is 20.9. The maximum atomic E-state index is 11.7. The third kappa shape index (κ3) is 8.51. The van der Waals surface area contributed by atoms with Crippen LogP contribution in [-0.4, -0.2) is 31.9 Å². The summed E-state index contributed by atoms with van der Waals surface area (Å²) in [6.45, 7) is 9.14. The molecule has 0 bridgehead atoms. The molecule has 140 valence electrons. The quantitative estimate of drug-likeness (QED) is 0.287. The molecule has 7 nitrogen and oxygen atoms in total. The number of benzene rings is 1. The van der Waals surface area contributed by atoms with Crippen molar-refractivity contribution in [3.8, 4) is 0 Å². The molecule has 1 aromatic rings. The van der Waals surface area contributed by atoms with Crippen molar-refractivity contribution in [3.05, 3.63) is 35.4 Å². The third-order valence-electron chi connectivity index (χ3n) is 3.29. The molecule has 0 N–H and O–H groups in total. The first-order valence-electron chi connectivity index (χ1n) is 8.25. The topological polar surface area (TPSA) is 80.3 Å². The molecule has 0 radical (unpaired) electrons. The zero-order chi connectivity index (χ0) is 18.7. The third-order valence-corrected chi connectivity index (χ3v) is 3.29. The molecule has 0 saturated heterocycles. The van der Waals surface area contributed by atoms with E-state index in [9.17, 15) is 9.59 Å². The Morgan fingerprint density at radius 1 is 0.960 bits per heavy atom. The average molecular weight is 354 g/mol. The maximum absolute atomic E-state index is 11.7. The Bertz CT molecular complexity index is 531. The highest BCUT2D eigenvalue weighted by molar-refractivity contribution is 5.88. The van der Waals surface area contributed by atoms with Crippen LogP contribution in [0.15, 0.2) is 24.3 Å². The van der Waals surface area contributed by atoms with E-state index in [-0.39, 0.29) is 24.2 Å². The number of ether oxygens (including phenoxy) is 2. The highest BCUT2D eigenvalue weighted by Gasteiger charge is 2.16. The van der Waals surface area contributed by atoms with Crippen LogP contribution in [0.5, 0.6) is 0 Å². The molecule has 0 atom stereocenters. The summed E-state index contributed by atoms with van der Waals surface area (Å²) in [6, 6.07) is 6.87. The highest BCUT2D eigenvalue weighted by atomic mass is 17.5. The molecule has 0 aliphatic heterocycles. The minimum Gasteiger partial charge on any atom is -0.430 e. The molecule has 0 unspecified atom stereocenters. The van der Waals surface area contributed by atoms with E-state index in [1.807, 2.05) is 12.1 Å². The molecule has 0 saturated carbocycles. The lowest BCUT2D eigenvalue weighted by molar-refractivity contribution is -0.452. The summed E-state index contributed by atoms with van der Waals surface area (Å²) in [5.41, 5.74) is 1.33. The van der Waals surface area contributed by atoms with Gasteiger partial charge in [-0.25, -0.2) is 14.5 Å². The van der Waals surface area contributed by atoms with Gasteiger partial charge in [0.05, 0.1) is 17.2 Å². The minimum atomic E-state index is -1.12. The molecule has 1 rings (SSSR count). The predicted octanol–water partition coefficient (Wildman–Crippen LogP) is 3.96. The molecule has 0 spiro atoms. The maximum Gasteiger partial charge on any atom is 0.543 e. The fourth-order valence-electron chi connectivity index (χ4n) is 1.79. The van der Waals surface area contributed by atoms with Crippen LogP contribution in [0, 0.1) is 0 Å². The van der Waals surface area contributed by atoms with E-state index in [1.54, 1.807) is 12.1 Å². The van der Waals surface area contributed by atoms with E-state index >= 15 is 0 Å². The monoisotopic (exact) mass is 354 g/mol. The number of hydrogen-bond donors (Lipinski definition) is 0. The van der Waals surface area contributed by atoms with Crippen molar-refractivity contribution in [1.82, 2.24) is 0 Å². The van der Waals surface area contributed by atoms with Crippen molar-refractivity contribution < 1.29 is 33.9 Å². The van der Waals surface area contributed by atoms with Gasteiger partial charge in [0, 0.05) is 6.61 Å². The standard InChI is InChI=1S/C18H26O7/c1-5-6-11-21-12-13-22-17(20)24-25-23-16(19)14-7-9-15(10-8-14)18(2,3)4/h7-10H,5-6,11-13H2,1-4H3. The SMILES string of the molecule is CCCCOCCOC(=O)OOOC(=O)c1ccc(C(C)(C)C)cc1. The normalized spacial score (nSPS) is 11.0. The lowest BCUT2D eigenvalue weighted by Crippen LogP contribution is -2.15. The second-order valence-corrected chi connectivity index (χ2v) is 6.41. The Labute approximate surface area is 148 Å². The predicted molar refractivity (Wildman–Crippen MR) is 89.8 cm³/mol. The van der Waals surface area contributed by atoms with Crippen molar-refractivity contribution in [1.29, 1.82) is 0 Å². The Morgan fingerprint density at radius 3 is 2.24 bits per heavy atom. The van der Waals surface area contributed by atoms with Gasteiger partial charge in [0.2, 0.25) is 0 Å². The largest absolute Gasteiger partial charge is 0.543 e. The fourth-order valence-corrected chi connectivity index (χ4v) is 1.79. The van der Waals surface area contributed by atoms with Crippen LogP contribution in [0.25, 0.3) is 0 Å². The van der Waals surface area contributed by atoms with Gasteiger partial charge in [0.1, 0.15) is 6.61 Å². The smallest absolute Gasteiger partial charge is 0.430 e. The summed E-state index contributed by atoms with van der Waals surface area (Å²) in [5, 5.41) is 4.14. The molecule has 7 heteroatoms. The van der Waals surface area contributed by atoms with Crippen LogP contribution in [0.4, 0.5) is 4.79 Å². The second-order valence-electron chi connectivity index (χ2n) is 6.41. The summed E-state index contributed by atoms with van der Waals surface area (Å²) < 4.78 is 9.86. The summed E-state index contributed by atoms with van der Waals surface area (Å²) >= 11 is 0. The summed E-state index contributed by atoms with van der Waals surface area (Å²) in [4.78, 5) is 31.5. The van der Waals surface area contributed by atoms with Crippen molar-refractivity contribution in [2.24, 2.45) is 0 Å². The number of carbonyl (C=O) groups is 2. The Morgan fingerprint density at radius 2 is 1.64 bits per heavy atom. The summed E-state index contributed by atoms with van der Waals surface area (Å²) in [7, 11) is 0. The lowest BCUT2D eigenvalue weighted by atomic mass is 9.87. The van der Waals surface area contributed by atoms with Gasteiger partial charge in [-0.1, -0.05) is 46.2 Å². The van der Waals surface area contributed by atoms with Crippen LogP contribution >= 0.6 is 0 Å². The molecule has 0 amide bonds. The molecular weight excluding hydrogens is 328 g/mol. The van der Waals surface area contributed by atoms with Crippen molar-refractivity contribution in [3.63, 3.8) is 0 Å². The number of hydrogen-bond acceptors (Lipinski definition) is 7. The van der Waals surface area contributed by atoms with Gasteiger partial charge >= 0.3 is 12.1 Å². The molecule has 0 aliphatic rings. The van der Waals surface area contributed by atoms with Gasteiger partial charge in [0.25, 0.3) is 0 Å². The zero-order valence-corrected chi connectivity index (χ0v) is 15.2. The fraction of sp³-hybridized carbons (Fsp3) is 0.556. The second kappa shape index (κ2) is 10.7. The first-order chi connectivity index (χ1) is 11.8. The Balaban J connectivity index is 2.22. The van der Waals surface area contributed by atoms with Gasteiger partial charge < -0.3 is 9.47 Å². The van der Waals surface area contributed by atoms with E-state index in [4.69, 9.17) is 4.74 Å². The molecule has 25 heavy (non-hydrogen) atoms. The number of rotatable bonds is 9. The first-order valence-corrected chi connectivity index (χ1v) is 8.25. The van der Waals surface area contributed by atoms with Crippen molar-refractivity contribution in [2.75, 3.05) is 19.8 Å². The van der Waals surface area contributed by atoms with Gasteiger partial charge in [-0.3, -0.25) is 4.89 Å². The minimum absolute atomic E-state index is 0.0218. The molecule has 1 aromatic carbocycles. The van der Waals surface area contributed by atoms with E-state index in [2.05, 4.69) is 47.2 Å². The molecule has 0 aromatic heterocycles. The Hall–Kier alpha value is -2.12. The van der Waals surface area contributed by atoms with Gasteiger partial charge in [0.15, 0.2) is 0 Å². The summed E-state index contributed by atoms with van der Waals surface area (Å²) in [6.07, 6.45) is 0.858. The van der Waals surface area contributed by atoms with Crippen molar-refractivity contribution >= 4 is 12.1 Å². The zero-order valence-electron chi connectivity index (χ0n) is 15.2. The molecular formula is C18H26O7. The molecule has 0 aliphatic carbocycles. The van der Waals surface area contributed by atoms with Gasteiger partial charge in [-0.15, -0.1) is 0 Å². The van der Waals surface area contributed by atoms with Crippen LogP contribution in [0.2, 0.25) is 0 Å². The van der Waals surface area contributed by atoms with E-state index < -0.39 is 12.1 Å². The van der Waals surface area contributed by atoms with Gasteiger partial charge in [-0.2, -0.15) is 0 Å². The lowest BCUT2D eigenvalue weighted by Gasteiger charge is -2.18. The van der Waals surface area contributed by atoms with Crippen LogP contribution in [-0.2, 0) is 29.7 Å². The van der Waals surface area contributed by atoms with Crippen LogP contribution < -0.4 is 0 Å². The van der Waals surface area contributed by atoms with Crippen molar-refractivity contribution in [2.45, 2.75) is 46.0 Å². The molecule has 0 fully saturated rings. The number of unbranched alkanes of at least 4 members (excludes halogenated alkanes) is 1. The average Bonchev–Trinajstić information content (AvgIpc) is 2.57. The Kier molecular flexibility index (Phi) is 8.94. The van der Waals surface area contributed by atoms with E-state index in [0.717, 1.165) is 18.4 Å². The summed E-state index contributed by atoms with van der Waals surface area (Å²) in [5.74, 6) is -0.781. The van der Waals surface area contributed by atoms with E-state index in [1.165, 1.54) is 0 Å². The highest BCUT2D eigenvalue weighted by Crippen LogP contribution is 2.22. The van der Waals surface area contributed by atoms with E-state index in [0.29, 0.717) is 6.61 Å². The van der Waals surface area contributed by atoms with Crippen LogP contribution in [0.3, 0.4) is 0 Å². The number of carbonyl (C=O) groups excluding carboxylic acids is 2. The van der Waals surface area contributed by atoms with Gasteiger partial charge in [-0.05, 0) is 29.5 Å². The van der Waals surface area contributed by atoms with Crippen LogP contribution in [0.1, 0.15) is 56.5 Å².